The summed E-state index contributed by atoms with van der Waals surface area (Å²) in [6.07, 6.45) is 3.37. The summed E-state index contributed by atoms with van der Waals surface area (Å²) in [6.45, 7) is 1.50. The number of likely N-dealkylation sites (N-methyl/N-ethyl adjacent to an activating group) is 1. The average molecular weight is 276 g/mol. The molecule has 2 aliphatic rings. The minimum atomic E-state index is -0.246. The number of rotatable bonds is 1. The number of nitrogens with zero attached hydrogens (tertiary/aromatic N) is 2. The normalized spacial score (nSPS) is 26.6. The van der Waals surface area contributed by atoms with Crippen molar-refractivity contribution in [3.05, 3.63) is 23.8 Å². The number of amides is 1. The molecule has 1 aromatic carbocycles. The summed E-state index contributed by atoms with van der Waals surface area (Å²) in [7, 11) is 2.14. The second-order valence-electron chi connectivity index (χ2n) is 5.79. The smallest absolute Gasteiger partial charge is 0.254 e. The Bertz CT molecular complexity index is 532. The number of fused-ring (bicyclic) bond motifs is 2. The zero-order valence-corrected chi connectivity index (χ0v) is 11.6. The first kappa shape index (κ1) is 13.2. The number of benzene rings is 1. The van der Waals surface area contributed by atoms with Crippen molar-refractivity contribution in [1.82, 2.24) is 9.80 Å². The van der Waals surface area contributed by atoms with E-state index in [1.165, 1.54) is 18.6 Å². The predicted molar refractivity (Wildman–Crippen MR) is 74.9 cm³/mol. The summed E-state index contributed by atoms with van der Waals surface area (Å²) in [5.74, 6) is -0.512. The van der Waals surface area contributed by atoms with Crippen molar-refractivity contribution in [2.45, 2.75) is 31.3 Å². The van der Waals surface area contributed by atoms with Crippen LogP contribution < -0.4 is 0 Å². The van der Waals surface area contributed by atoms with E-state index in [0.717, 1.165) is 25.9 Å². The van der Waals surface area contributed by atoms with Crippen LogP contribution in [0.15, 0.2) is 18.2 Å². The maximum atomic E-state index is 12.5. The number of hydrogen-bond donors (Lipinski definition) is 2. The van der Waals surface area contributed by atoms with Crippen LogP contribution in [0.2, 0.25) is 0 Å². The van der Waals surface area contributed by atoms with E-state index in [1.54, 1.807) is 6.07 Å². The van der Waals surface area contributed by atoms with E-state index in [-0.39, 0.29) is 17.4 Å². The topological polar surface area (TPSA) is 64.0 Å². The van der Waals surface area contributed by atoms with E-state index in [0.29, 0.717) is 17.6 Å². The molecule has 0 aromatic heterocycles. The molecule has 2 heterocycles. The van der Waals surface area contributed by atoms with Gasteiger partial charge in [0.15, 0.2) is 11.5 Å². The number of hydrogen-bond acceptors (Lipinski definition) is 4. The lowest BCUT2D eigenvalue weighted by molar-refractivity contribution is 0.0740. The molecule has 0 spiro atoms. The molecule has 0 aliphatic carbocycles. The molecule has 2 bridgehead atoms. The third-order valence-corrected chi connectivity index (χ3v) is 4.66. The fraction of sp³-hybridized carbons (Fsp3) is 0.533. The molecule has 2 saturated heterocycles. The highest BCUT2D eigenvalue weighted by Gasteiger charge is 2.36. The Morgan fingerprint density at radius 2 is 1.90 bits per heavy atom. The summed E-state index contributed by atoms with van der Waals surface area (Å²) in [4.78, 5) is 16.8. The zero-order valence-electron chi connectivity index (χ0n) is 11.6. The van der Waals surface area contributed by atoms with E-state index in [9.17, 15) is 15.0 Å². The molecule has 2 atom stereocenters. The Balaban J connectivity index is 1.78. The number of phenols is 2. The number of phenolic OH excluding ortho intramolecular Hbond substituents is 2. The first-order valence-electron chi connectivity index (χ1n) is 7.09. The Hall–Kier alpha value is -1.75. The lowest BCUT2D eigenvalue weighted by Crippen LogP contribution is -2.39. The van der Waals surface area contributed by atoms with Gasteiger partial charge in [-0.1, -0.05) is 0 Å². The number of aromatic hydroxyl groups is 2. The molecule has 2 fully saturated rings. The lowest BCUT2D eigenvalue weighted by atomic mass is 10.1. The molecule has 5 nitrogen and oxygen atoms in total. The molecule has 1 amide bonds. The van der Waals surface area contributed by atoms with Gasteiger partial charge >= 0.3 is 0 Å². The predicted octanol–water partition coefficient (Wildman–Crippen LogP) is 1.41. The van der Waals surface area contributed by atoms with Crippen LogP contribution in [0.3, 0.4) is 0 Å². The standard InChI is InChI=1S/C15H20N2O3/c1-16-11-3-4-12(16)9-17(7-6-11)15(20)10-2-5-13(18)14(19)8-10/h2,5,8,11-12,18-19H,3-4,6-7,9H2,1H3. The summed E-state index contributed by atoms with van der Waals surface area (Å²) >= 11 is 0. The molecule has 0 saturated carbocycles. The van der Waals surface area contributed by atoms with E-state index in [1.807, 2.05) is 4.90 Å². The molecular formula is C15H20N2O3. The first-order valence-corrected chi connectivity index (χ1v) is 7.09. The molecule has 0 radical (unpaired) electrons. The fourth-order valence-electron chi connectivity index (χ4n) is 3.33. The van der Waals surface area contributed by atoms with E-state index in [4.69, 9.17) is 0 Å². The van der Waals surface area contributed by atoms with Crippen molar-refractivity contribution < 1.29 is 15.0 Å². The molecule has 2 aliphatic heterocycles. The number of carbonyl (C=O) groups excluding carboxylic acids is 1. The van der Waals surface area contributed by atoms with Crippen molar-refractivity contribution in [3.8, 4) is 11.5 Å². The van der Waals surface area contributed by atoms with Gasteiger partial charge in [0.05, 0.1) is 0 Å². The third-order valence-electron chi connectivity index (χ3n) is 4.66. The second-order valence-corrected chi connectivity index (χ2v) is 5.79. The van der Waals surface area contributed by atoms with Gasteiger partial charge in [-0.2, -0.15) is 0 Å². The van der Waals surface area contributed by atoms with Crippen LogP contribution in [0.25, 0.3) is 0 Å². The van der Waals surface area contributed by atoms with Crippen molar-refractivity contribution in [3.63, 3.8) is 0 Å². The van der Waals surface area contributed by atoms with Gasteiger partial charge < -0.3 is 15.1 Å². The summed E-state index contributed by atoms with van der Waals surface area (Å²) in [5, 5.41) is 18.8. The molecule has 2 N–H and O–H groups in total. The van der Waals surface area contributed by atoms with E-state index in [2.05, 4.69) is 11.9 Å². The van der Waals surface area contributed by atoms with Crippen LogP contribution >= 0.6 is 0 Å². The summed E-state index contributed by atoms with van der Waals surface area (Å²) in [6, 6.07) is 5.29. The van der Waals surface area contributed by atoms with Gasteiger partial charge in [0.25, 0.3) is 5.91 Å². The van der Waals surface area contributed by atoms with Gasteiger partial charge in [0.1, 0.15) is 0 Å². The molecule has 1 aromatic rings. The van der Waals surface area contributed by atoms with Gasteiger partial charge in [0.2, 0.25) is 0 Å². The van der Waals surface area contributed by atoms with Crippen LogP contribution in [0.4, 0.5) is 0 Å². The largest absolute Gasteiger partial charge is 0.504 e. The lowest BCUT2D eigenvalue weighted by Gasteiger charge is -2.26. The fourth-order valence-corrected chi connectivity index (χ4v) is 3.33. The van der Waals surface area contributed by atoms with Crippen molar-refractivity contribution in [2.24, 2.45) is 0 Å². The van der Waals surface area contributed by atoms with Crippen molar-refractivity contribution >= 4 is 5.91 Å². The van der Waals surface area contributed by atoms with Crippen LogP contribution in [-0.2, 0) is 0 Å². The summed E-state index contributed by atoms with van der Waals surface area (Å²) in [5.41, 5.74) is 0.431. The van der Waals surface area contributed by atoms with E-state index < -0.39 is 0 Å². The van der Waals surface area contributed by atoms with Crippen LogP contribution in [-0.4, -0.2) is 58.1 Å². The van der Waals surface area contributed by atoms with Gasteiger partial charge in [-0.05, 0) is 44.5 Å². The van der Waals surface area contributed by atoms with Gasteiger partial charge in [-0.3, -0.25) is 9.69 Å². The van der Waals surface area contributed by atoms with Crippen LogP contribution in [0.5, 0.6) is 11.5 Å². The molecule has 3 rings (SSSR count). The minimum Gasteiger partial charge on any atom is -0.504 e. The maximum Gasteiger partial charge on any atom is 0.254 e. The zero-order chi connectivity index (χ0) is 14.3. The average Bonchev–Trinajstić information content (AvgIpc) is 2.66. The van der Waals surface area contributed by atoms with Crippen LogP contribution in [0.1, 0.15) is 29.6 Å². The highest BCUT2D eigenvalue weighted by atomic mass is 16.3. The first-order chi connectivity index (χ1) is 9.56. The Morgan fingerprint density at radius 3 is 2.65 bits per heavy atom. The van der Waals surface area contributed by atoms with Gasteiger partial charge in [-0.25, -0.2) is 0 Å². The minimum absolute atomic E-state index is 0.0683. The Morgan fingerprint density at radius 1 is 1.15 bits per heavy atom. The van der Waals surface area contributed by atoms with Gasteiger partial charge in [-0.15, -0.1) is 0 Å². The summed E-state index contributed by atoms with van der Waals surface area (Å²) < 4.78 is 0. The molecule has 5 heteroatoms. The third kappa shape index (κ3) is 2.22. The molecule has 108 valence electrons. The second kappa shape index (κ2) is 4.98. The van der Waals surface area contributed by atoms with Crippen molar-refractivity contribution in [1.29, 1.82) is 0 Å². The quantitative estimate of drug-likeness (QED) is 0.761. The van der Waals surface area contributed by atoms with Gasteiger partial charge in [0, 0.05) is 30.7 Å². The molecule has 20 heavy (non-hydrogen) atoms. The maximum absolute atomic E-state index is 12.5. The Labute approximate surface area is 118 Å². The highest BCUT2D eigenvalue weighted by Crippen LogP contribution is 2.30. The highest BCUT2D eigenvalue weighted by molar-refractivity contribution is 5.95. The number of carbonyl (C=O) groups is 1. The van der Waals surface area contributed by atoms with E-state index >= 15 is 0 Å². The molecular weight excluding hydrogens is 256 g/mol. The SMILES string of the molecule is CN1C2CCC1CN(C(=O)c1ccc(O)c(O)c1)CC2. The number of likely N-dealkylation sites (tertiary alicyclic amines) is 1. The molecule has 2 unspecified atom stereocenters. The Kier molecular flexibility index (Phi) is 3.30. The van der Waals surface area contributed by atoms with Crippen LogP contribution in [0, 0.1) is 0 Å². The van der Waals surface area contributed by atoms with Crippen molar-refractivity contribution in [2.75, 3.05) is 20.1 Å². The monoisotopic (exact) mass is 276 g/mol.